The number of carbonyl (C=O) groups is 1. The Morgan fingerprint density at radius 1 is 1.05 bits per heavy atom. The minimum Gasteiger partial charge on any atom is -0.857 e. The van der Waals surface area contributed by atoms with Gasteiger partial charge in [-0.1, -0.05) is 43.2 Å². The molecule has 1 aliphatic carbocycles. The number of hydrogen-bond acceptors (Lipinski definition) is 6. The van der Waals surface area contributed by atoms with Crippen molar-refractivity contribution in [2.45, 2.75) is 33.1 Å². The minimum absolute atomic E-state index is 0. The fraction of sp³-hybridized carbons (Fsp3) is 0.353. The summed E-state index contributed by atoms with van der Waals surface area (Å²) in [4.78, 5) is 24.2. The number of aromatic nitrogens is 2. The Morgan fingerprint density at radius 3 is 2.51 bits per heavy atom. The summed E-state index contributed by atoms with van der Waals surface area (Å²) in [5.74, 6) is 1.16. The van der Waals surface area contributed by atoms with E-state index >= 15 is 0 Å². The first kappa shape index (κ1) is 33.2. The fourth-order valence-electron chi connectivity index (χ4n) is 5.91. The van der Waals surface area contributed by atoms with Gasteiger partial charge < -0.3 is 19.7 Å². The zero-order chi connectivity index (χ0) is 29.7. The number of nitrogens with zero attached hydrogens (tertiary/aromatic N) is 3. The van der Waals surface area contributed by atoms with Crippen LogP contribution in [0.3, 0.4) is 0 Å². The number of aldehydes is 1. The average molecular weight is 609 g/mol. The van der Waals surface area contributed by atoms with Gasteiger partial charge in [-0.25, -0.2) is 4.98 Å². The summed E-state index contributed by atoms with van der Waals surface area (Å²) in [5, 5.41) is 10.00. The molecule has 220 valence electrons. The number of nitrogens with one attached hydrogen (secondary N) is 1. The third kappa shape index (κ3) is 8.09. The first-order valence-corrected chi connectivity index (χ1v) is 14.8. The molecule has 0 radical (unpaired) electrons. The van der Waals surface area contributed by atoms with Crippen molar-refractivity contribution in [2.24, 2.45) is 5.41 Å². The Morgan fingerprint density at radius 2 is 1.79 bits per heavy atom. The predicted octanol–water partition coefficient (Wildman–Crippen LogP) is 3.59. The molecule has 6 rings (SSSR count). The smallest absolute Gasteiger partial charge is 0.857 e. The first-order chi connectivity index (χ1) is 20.4. The van der Waals surface area contributed by atoms with Crippen LogP contribution in [0.5, 0.6) is 11.5 Å². The molecule has 0 saturated carbocycles. The molecule has 7 nitrogen and oxygen atoms in total. The number of H-pyrrole nitrogens is 1. The molecule has 0 unspecified atom stereocenters. The van der Waals surface area contributed by atoms with Crippen molar-refractivity contribution in [2.75, 3.05) is 44.7 Å². The molecular formula is C34H38ClN4NaO3. The van der Waals surface area contributed by atoms with Crippen LogP contribution in [-0.2, 0) is 0 Å². The molecule has 43 heavy (non-hydrogen) atoms. The Labute approximate surface area is 281 Å². The summed E-state index contributed by atoms with van der Waals surface area (Å²) >= 11 is 6.19. The first-order valence-electron chi connectivity index (χ1n) is 14.4. The minimum atomic E-state index is 0. The third-order valence-electron chi connectivity index (χ3n) is 8.26. The number of fused-ring (bicyclic) bond motifs is 1. The number of aromatic amines is 1. The zero-order valence-electron chi connectivity index (χ0n) is 25.5. The quantitative estimate of drug-likeness (QED) is 0.255. The predicted molar refractivity (Wildman–Crippen MR) is 169 cm³/mol. The number of pyridine rings is 1. The Balaban J connectivity index is 0.00000138. The van der Waals surface area contributed by atoms with E-state index in [1.54, 1.807) is 11.8 Å². The van der Waals surface area contributed by atoms with Crippen LogP contribution in [0.4, 0.5) is 5.69 Å². The Bertz CT molecular complexity index is 1560. The maximum atomic E-state index is 11.8. The molecule has 0 bridgehead atoms. The molecular weight excluding hydrogens is 571 g/mol. The number of allylic oxidation sites excluding steroid dienone is 1. The van der Waals surface area contributed by atoms with E-state index in [1.165, 1.54) is 17.6 Å². The van der Waals surface area contributed by atoms with Crippen LogP contribution in [0.2, 0.25) is 5.02 Å². The van der Waals surface area contributed by atoms with Crippen LogP contribution >= 0.6 is 11.6 Å². The fourth-order valence-corrected chi connectivity index (χ4v) is 6.03. The molecule has 1 fully saturated rings. The van der Waals surface area contributed by atoms with Gasteiger partial charge >= 0.3 is 29.6 Å². The molecule has 0 spiro atoms. The van der Waals surface area contributed by atoms with Crippen molar-refractivity contribution in [3.63, 3.8) is 0 Å². The molecule has 1 N–H and O–H groups in total. The number of hydrogen-bond donors (Lipinski definition) is 1. The van der Waals surface area contributed by atoms with Crippen molar-refractivity contribution in [1.82, 2.24) is 14.9 Å². The van der Waals surface area contributed by atoms with E-state index in [2.05, 4.69) is 45.7 Å². The van der Waals surface area contributed by atoms with Crippen molar-refractivity contribution in [3.8, 4) is 11.5 Å². The summed E-state index contributed by atoms with van der Waals surface area (Å²) in [5.41, 5.74) is 7.08. The van der Waals surface area contributed by atoms with E-state index in [0.29, 0.717) is 22.5 Å². The molecule has 2 aliphatic rings. The average Bonchev–Trinajstić information content (AvgIpc) is 3.48. The topological polar surface area (TPSA) is 84.5 Å². The molecule has 4 aromatic rings. The number of carbonyl (C=O) groups excluding carboxylic acids is 1. The maximum absolute atomic E-state index is 11.8. The SMILES string of the molecule is CC1(C)CCC(CN2CCN(c3ccc(C=O)c(Oc4cnc5[nH]ccc5c4)c3)CC2)=C(c2ccc(Cl)cc2)C1.C[O-].[Na+]. The number of rotatable bonds is 7. The van der Waals surface area contributed by atoms with Crippen molar-refractivity contribution in [3.05, 3.63) is 88.7 Å². The molecule has 2 aromatic carbocycles. The molecule has 3 heterocycles. The molecule has 2 aromatic heterocycles. The van der Waals surface area contributed by atoms with Gasteiger partial charge in [0.05, 0.1) is 11.8 Å². The second-order valence-corrected chi connectivity index (χ2v) is 12.2. The number of piperazine rings is 1. The number of halogens is 1. The summed E-state index contributed by atoms with van der Waals surface area (Å²) in [6.45, 7) is 9.58. The number of anilines is 1. The van der Waals surface area contributed by atoms with Gasteiger partial charge in [0.1, 0.15) is 17.1 Å². The van der Waals surface area contributed by atoms with Crippen LogP contribution in [0, 0.1) is 5.41 Å². The van der Waals surface area contributed by atoms with Gasteiger partial charge in [-0.05, 0) is 72.2 Å². The molecule has 1 saturated heterocycles. The Hall–Kier alpha value is -2.65. The summed E-state index contributed by atoms with van der Waals surface area (Å²) in [7, 11) is 0.750. The van der Waals surface area contributed by atoms with Crippen LogP contribution in [0.25, 0.3) is 16.6 Å². The molecule has 0 atom stereocenters. The third-order valence-corrected chi connectivity index (χ3v) is 8.51. The van der Waals surface area contributed by atoms with Gasteiger partial charge in [0.25, 0.3) is 0 Å². The largest absolute Gasteiger partial charge is 1.00 e. The summed E-state index contributed by atoms with van der Waals surface area (Å²) in [6.07, 6.45) is 7.83. The van der Waals surface area contributed by atoms with E-state index in [9.17, 15) is 4.79 Å². The van der Waals surface area contributed by atoms with E-state index in [-0.39, 0.29) is 29.6 Å². The second kappa shape index (κ2) is 14.9. The van der Waals surface area contributed by atoms with Crippen molar-refractivity contribution < 1.29 is 44.2 Å². The zero-order valence-corrected chi connectivity index (χ0v) is 28.3. The molecule has 0 amide bonds. The van der Waals surface area contributed by atoms with Gasteiger partial charge in [-0.3, -0.25) is 9.69 Å². The summed E-state index contributed by atoms with van der Waals surface area (Å²) in [6, 6.07) is 18.1. The number of ether oxygens (including phenoxy) is 1. The van der Waals surface area contributed by atoms with Gasteiger partial charge in [-0.15, -0.1) is 0 Å². The number of benzene rings is 2. The Kier molecular flexibility index (Phi) is 11.5. The van der Waals surface area contributed by atoms with Crippen LogP contribution < -0.4 is 44.3 Å². The van der Waals surface area contributed by atoms with Crippen molar-refractivity contribution >= 4 is 40.2 Å². The van der Waals surface area contributed by atoms with Gasteiger partial charge in [0.2, 0.25) is 0 Å². The van der Waals surface area contributed by atoms with E-state index in [4.69, 9.17) is 21.4 Å². The monoisotopic (exact) mass is 608 g/mol. The van der Waals surface area contributed by atoms with Crippen LogP contribution in [0.1, 0.15) is 49.0 Å². The van der Waals surface area contributed by atoms with Gasteiger partial charge in [0, 0.05) is 61.1 Å². The van der Waals surface area contributed by atoms with E-state index < -0.39 is 0 Å². The van der Waals surface area contributed by atoms with E-state index in [1.807, 2.05) is 48.7 Å². The van der Waals surface area contributed by atoms with Crippen LogP contribution in [0.15, 0.2) is 72.6 Å². The molecule has 9 heteroatoms. The van der Waals surface area contributed by atoms with Crippen molar-refractivity contribution in [1.29, 1.82) is 0 Å². The van der Waals surface area contributed by atoms with Gasteiger partial charge in [-0.2, -0.15) is 7.11 Å². The maximum Gasteiger partial charge on any atom is 1.00 e. The molecule has 1 aliphatic heterocycles. The second-order valence-electron chi connectivity index (χ2n) is 11.7. The normalized spacial score (nSPS) is 16.7. The standard InChI is InChI=1S/C33H35ClN4O2.CH3O.Na/c1-33(2)11-9-25(30(19-33)23-3-6-27(34)7-4-23)21-37-13-15-38(16-14-37)28-8-5-26(22-39)31(18-28)40-29-17-24-10-12-35-32(24)36-20-29;1-2;/h3-8,10,12,17-18,20,22H,9,11,13-16,19,21H2,1-2H3,(H,35,36);1H3;/q;-1;+1. The van der Waals surface area contributed by atoms with Gasteiger partial charge in [0.15, 0.2) is 6.29 Å². The summed E-state index contributed by atoms with van der Waals surface area (Å²) < 4.78 is 6.15. The van der Waals surface area contributed by atoms with E-state index in [0.717, 1.165) is 80.7 Å². The van der Waals surface area contributed by atoms with Crippen LogP contribution in [-0.4, -0.2) is 61.0 Å².